The molecule has 0 saturated carbocycles. The Morgan fingerprint density at radius 3 is 2.43 bits per heavy atom. The topological polar surface area (TPSA) is 58.6 Å². The monoisotopic (exact) mass is 430 g/mol. The summed E-state index contributed by atoms with van der Waals surface area (Å²) in [6, 6.07) is 13.4. The van der Waals surface area contributed by atoms with Gasteiger partial charge in [-0.1, -0.05) is 56.0 Å². The van der Waals surface area contributed by atoms with Gasteiger partial charge in [0, 0.05) is 20.8 Å². The Morgan fingerprint density at radius 2 is 1.67 bits per heavy atom. The Labute approximate surface area is 181 Å². The van der Waals surface area contributed by atoms with Crippen molar-refractivity contribution in [2.24, 2.45) is 0 Å². The Kier molecular flexibility index (Phi) is 7.92. The van der Waals surface area contributed by atoms with E-state index in [2.05, 4.69) is 5.32 Å². The third kappa shape index (κ3) is 5.05. The minimum absolute atomic E-state index is 0.141. The number of benzene rings is 2. The highest BCUT2D eigenvalue weighted by atomic mass is 32.2. The molecular formula is C24H34N2O3S. The zero-order valence-corrected chi connectivity index (χ0v) is 19.2. The number of aryl methyl sites for hydroxylation is 1. The second-order valence-electron chi connectivity index (χ2n) is 8.07. The van der Waals surface area contributed by atoms with Crippen molar-refractivity contribution in [3.63, 3.8) is 0 Å². The molecule has 6 heteroatoms. The summed E-state index contributed by atoms with van der Waals surface area (Å²) < 4.78 is 33.1. The average Bonchev–Trinajstić information content (AvgIpc) is 2.80. The van der Waals surface area contributed by atoms with Crippen LogP contribution in [-0.2, 0) is 14.8 Å². The van der Waals surface area contributed by atoms with Crippen LogP contribution in [0.1, 0.15) is 61.3 Å². The summed E-state index contributed by atoms with van der Waals surface area (Å²) in [6.45, 7) is 3.63. The second-order valence-corrected chi connectivity index (χ2v) is 10.0. The first-order chi connectivity index (χ1) is 14.5. The van der Waals surface area contributed by atoms with Gasteiger partial charge < -0.3 is 10.1 Å². The van der Waals surface area contributed by atoms with Crippen LogP contribution in [0, 0.1) is 6.92 Å². The fraction of sp³-hybridized carbons (Fsp3) is 0.500. The van der Waals surface area contributed by atoms with Crippen LogP contribution in [0.25, 0.3) is 0 Å². The third-order valence-corrected chi connectivity index (χ3v) is 7.66. The summed E-state index contributed by atoms with van der Waals surface area (Å²) in [7, 11) is -0.198. The van der Waals surface area contributed by atoms with Gasteiger partial charge in [-0.05, 0) is 55.1 Å². The highest BCUT2D eigenvalue weighted by molar-refractivity contribution is 7.92. The lowest BCUT2D eigenvalue weighted by Crippen LogP contribution is -2.26. The van der Waals surface area contributed by atoms with Gasteiger partial charge in [0.25, 0.3) is 10.0 Å². The fourth-order valence-corrected chi connectivity index (χ4v) is 5.65. The van der Waals surface area contributed by atoms with E-state index in [0.29, 0.717) is 4.90 Å². The SMILES string of the molecule is COCCCCCCCCNC1c2ccccc2N(C)S(=O)(=O)c2cc(C)ccc21. The number of unbranched alkanes of at least 4 members (excludes halogenated alkanes) is 5. The lowest BCUT2D eigenvalue weighted by molar-refractivity contribution is 0.192. The molecule has 0 bridgehead atoms. The number of hydrogen-bond acceptors (Lipinski definition) is 4. The van der Waals surface area contributed by atoms with Crippen molar-refractivity contribution in [2.45, 2.75) is 56.4 Å². The minimum Gasteiger partial charge on any atom is -0.385 e. The maximum atomic E-state index is 13.3. The lowest BCUT2D eigenvalue weighted by Gasteiger charge is -2.22. The van der Waals surface area contributed by atoms with Gasteiger partial charge in [0.1, 0.15) is 0 Å². The van der Waals surface area contributed by atoms with E-state index in [4.69, 9.17) is 4.74 Å². The third-order valence-electron chi connectivity index (χ3n) is 5.83. The van der Waals surface area contributed by atoms with E-state index in [1.54, 1.807) is 20.2 Å². The summed E-state index contributed by atoms with van der Waals surface area (Å²) in [4.78, 5) is 0.400. The first-order valence-electron chi connectivity index (χ1n) is 10.9. The van der Waals surface area contributed by atoms with E-state index >= 15 is 0 Å². The molecule has 2 aromatic rings. The maximum Gasteiger partial charge on any atom is 0.264 e. The fourth-order valence-electron chi connectivity index (χ4n) is 4.11. The summed E-state index contributed by atoms with van der Waals surface area (Å²) >= 11 is 0. The highest BCUT2D eigenvalue weighted by Crippen LogP contribution is 2.40. The van der Waals surface area contributed by atoms with Crippen molar-refractivity contribution >= 4 is 15.7 Å². The standard InChI is InChI=1S/C24H34N2O3S/c1-19-14-15-21-23(18-19)30(27,28)26(2)22-13-9-8-12-20(22)24(21)25-16-10-6-4-5-7-11-17-29-3/h8-9,12-15,18,24-25H,4-7,10-11,16-17H2,1-3H3. The molecule has 0 fully saturated rings. The number of ether oxygens (including phenoxy) is 1. The minimum atomic E-state index is -3.59. The number of fused-ring (bicyclic) bond motifs is 2. The number of hydrogen-bond donors (Lipinski definition) is 1. The van der Waals surface area contributed by atoms with Crippen molar-refractivity contribution in [3.05, 3.63) is 59.2 Å². The van der Waals surface area contributed by atoms with Crippen molar-refractivity contribution < 1.29 is 13.2 Å². The van der Waals surface area contributed by atoms with E-state index in [1.165, 1.54) is 30.0 Å². The smallest absolute Gasteiger partial charge is 0.264 e. The van der Waals surface area contributed by atoms with E-state index in [9.17, 15) is 8.42 Å². The van der Waals surface area contributed by atoms with Crippen molar-refractivity contribution in [1.82, 2.24) is 5.32 Å². The van der Waals surface area contributed by atoms with Crippen molar-refractivity contribution in [2.75, 3.05) is 31.6 Å². The molecular weight excluding hydrogens is 396 g/mol. The zero-order valence-electron chi connectivity index (χ0n) is 18.4. The molecule has 1 unspecified atom stereocenters. The molecule has 1 N–H and O–H groups in total. The number of rotatable bonds is 10. The molecule has 30 heavy (non-hydrogen) atoms. The van der Waals surface area contributed by atoms with E-state index in [-0.39, 0.29) is 6.04 Å². The summed E-state index contributed by atoms with van der Waals surface area (Å²) in [5.41, 5.74) is 3.52. The maximum absolute atomic E-state index is 13.3. The average molecular weight is 431 g/mol. The Morgan fingerprint density at radius 1 is 0.967 bits per heavy atom. The largest absolute Gasteiger partial charge is 0.385 e. The van der Waals surface area contributed by atoms with Crippen LogP contribution in [0.3, 0.4) is 0 Å². The van der Waals surface area contributed by atoms with Gasteiger partial charge in [-0.2, -0.15) is 0 Å². The second kappa shape index (κ2) is 10.4. The van der Waals surface area contributed by atoms with Gasteiger partial charge >= 0.3 is 0 Å². The molecule has 1 atom stereocenters. The van der Waals surface area contributed by atoms with Crippen LogP contribution in [0.15, 0.2) is 47.4 Å². The molecule has 5 nitrogen and oxygen atoms in total. The first kappa shape index (κ1) is 22.8. The number of sulfonamides is 1. The summed E-state index contributed by atoms with van der Waals surface area (Å²) in [6.07, 6.45) is 7.06. The predicted molar refractivity (Wildman–Crippen MR) is 123 cm³/mol. The molecule has 0 spiro atoms. The molecule has 0 saturated heterocycles. The van der Waals surface area contributed by atoms with Gasteiger partial charge in [-0.3, -0.25) is 4.31 Å². The van der Waals surface area contributed by atoms with Crippen LogP contribution in [0.5, 0.6) is 0 Å². The van der Waals surface area contributed by atoms with E-state index in [1.807, 2.05) is 43.3 Å². The Balaban J connectivity index is 1.75. The van der Waals surface area contributed by atoms with Crippen LogP contribution < -0.4 is 9.62 Å². The van der Waals surface area contributed by atoms with Crippen LogP contribution in [-0.4, -0.2) is 35.7 Å². The quantitative estimate of drug-likeness (QED) is 0.550. The van der Waals surface area contributed by atoms with Gasteiger partial charge in [0.15, 0.2) is 0 Å². The highest BCUT2D eigenvalue weighted by Gasteiger charge is 2.34. The van der Waals surface area contributed by atoms with Gasteiger partial charge in [0.2, 0.25) is 0 Å². The Hall–Kier alpha value is -1.89. The first-order valence-corrected chi connectivity index (χ1v) is 12.3. The lowest BCUT2D eigenvalue weighted by atomic mass is 9.96. The van der Waals surface area contributed by atoms with Gasteiger partial charge in [0.05, 0.1) is 16.6 Å². The van der Waals surface area contributed by atoms with Crippen molar-refractivity contribution in [3.8, 4) is 0 Å². The van der Waals surface area contributed by atoms with E-state index < -0.39 is 10.0 Å². The van der Waals surface area contributed by atoms with Gasteiger partial charge in [-0.25, -0.2) is 8.42 Å². The molecule has 1 aliphatic heterocycles. The van der Waals surface area contributed by atoms with E-state index in [0.717, 1.165) is 48.4 Å². The van der Waals surface area contributed by atoms with Gasteiger partial charge in [-0.15, -0.1) is 0 Å². The molecule has 1 heterocycles. The molecule has 3 rings (SSSR count). The number of nitrogens with zero attached hydrogens (tertiary/aromatic N) is 1. The Bertz CT molecular complexity index is 943. The molecule has 0 aliphatic carbocycles. The molecule has 164 valence electrons. The van der Waals surface area contributed by atoms with Crippen LogP contribution >= 0.6 is 0 Å². The molecule has 2 aromatic carbocycles. The molecule has 0 aromatic heterocycles. The summed E-state index contributed by atoms with van der Waals surface area (Å²) in [5, 5.41) is 3.65. The predicted octanol–water partition coefficient (Wildman–Crippen LogP) is 4.80. The number of methoxy groups -OCH3 is 1. The zero-order chi connectivity index (χ0) is 21.6. The van der Waals surface area contributed by atoms with Crippen molar-refractivity contribution in [1.29, 1.82) is 0 Å². The summed E-state index contributed by atoms with van der Waals surface area (Å²) in [5.74, 6) is 0. The van der Waals surface area contributed by atoms with Crippen LogP contribution in [0.2, 0.25) is 0 Å². The number of para-hydroxylation sites is 1. The molecule has 0 amide bonds. The number of nitrogens with one attached hydrogen (secondary N) is 1. The van der Waals surface area contributed by atoms with Crippen LogP contribution in [0.4, 0.5) is 5.69 Å². The molecule has 1 aliphatic rings. The molecule has 0 radical (unpaired) electrons. The number of anilines is 1. The normalized spacial score (nSPS) is 17.3.